The number of aromatic nitrogens is 3. The van der Waals surface area contributed by atoms with Gasteiger partial charge in [-0.15, -0.1) is 0 Å². The Bertz CT molecular complexity index is 1560. The molecule has 3 aromatic rings. The van der Waals surface area contributed by atoms with Crippen LogP contribution in [0.2, 0.25) is 25.7 Å². The van der Waals surface area contributed by atoms with Crippen LogP contribution in [0.3, 0.4) is 0 Å². The van der Waals surface area contributed by atoms with Crippen LogP contribution < -0.4 is 10.0 Å². The van der Waals surface area contributed by atoms with E-state index in [9.17, 15) is 13.2 Å². The van der Waals surface area contributed by atoms with Gasteiger partial charge in [-0.3, -0.25) is 9.71 Å². The van der Waals surface area contributed by atoms with Gasteiger partial charge in [0.25, 0.3) is 0 Å². The molecule has 1 amide bonds. The fraction of sp³-hybridized carbons (Fsp3) is 0.567. The van der Waals surface area contributed by atoms with Gasteiger partial charge >= 0.3 is 16.3 Å². The van der Waals surface area contributed by atoms with Crippen molar-refractivity contribution in [1.29, 1.82) is 0 Å². The highest BCUT2D eigenvalue weighted by Crippen LogP contribution is 2.36. The predicted octanol–water partition coefficient (Wildman–Crippen LogP) is 5.44. The van der Waals surface area contributed by atoms with Crippen molar-refractivity contribution in [3.8, 4) is 11.3 Å². The molecule has 0 saturated carbocycles. The van der Waals surface area contributed by atoms with Gasteiger partial charge in [0.15, 0.2) is 0 Å². The van der Waals surface area contributed by atoms with Gasteiger partial charge in [0.05, 0.1) is 17.1 Å². The molecule has 44 heavy (non-hydrogen) atoms. The summed E-state index contributed by atoms with van der Waals surface area (Å²) < 4.78 is 42.4. The van der Waals surface area contributed by atoms with Gasteiger partial charge < -0.3 is 24.3 Å². The maximum atomic E-state index is 12.9. The largest absolute Gasteiger partial charge is 0.444 e. The summed E-state index contributed by atoms with van der Waals surface area (Å²) in [6.07, 6.45) is 6.65. The number of amides is 1. The highest BCUT2D eigenvalue weighted by atomic mass is 32.2. The fourth-order valence-electron chi connectivity index (χ4n) is 4.81. The van der Waals surface area contributed by atoms with Gasteiger partial charge in [0, 0.05) is 77.4 Å². The standard InChI is InChI=1S/C30H47N7O5SSi/c1-30(2,3)42-29(38)36-14-9-10-23(20-36)33-27-24-12-15-37(21-41-16-17-44(6,7)8)28(24)32-19-25(27)26-18-22(11-13-31-26)34-43(39,40)35(4)5/h11-13,15,18-19,23H,9-10,14,16-17,20-21H2,1-8H3,(H,31,34)(H,32,33)/t23-/m1/s1. The van der Waals surface area contributed by atoms with Gasteiger partial charge in [-0.25, -0.2) is 9.78 Å². The van der Waals surface area contributed by atoms with Crippen molar-refractivity contribution < 1.29 is 22.7 Å². The number of nitrogens with zero attached hydrogens (tertiary/aromatic N) is 5. The monoisotopic (exact) mass is 645 g/mol. The lowest BCUT2D eigenvalue weighted by atomic mass is 10.0. The summed E-state index contributed by atoms with van der Waals surface area (Å²) >= 11 is 0. The maximum absolute atomic E-state index is 12.9. The molecule has 0 spiro atoms. The van der Waals surface area contributed by atoms with E-state index in [1.807, 2.05) is 37.6 Å². The first-order valence-corrected chi connectivity index (χ1v) is 20.1. The first-order valence-electron chi connectivity index (χ1n) is 15.0. The average molecular weight is 646 g/mol. The minimum absolute atomic E-state index is 0.0487. The van der Waals surface area contributed by atoms with Crippen LogP contribution in [0, 0.1) is 0 Å². The van der Waals surface area contributed by atoms with Crippen LogP contribution in [0.1, 0.15) is 33.6 Å². The van der Waals surface area contributed by atoms with Crippen molar-refractivity contribution in [2.75, 3.05) is 43.8 Å². The molecule has 2 N–H and O–H groups in total. The van der Waals surface area contributed by atoms with E-state index in [2.05, 4.69) is 34.7 Å². The smallest absolute Gasteiger partial charge is 0.410 e. The van der Waals surface area contributed by atoms with Crippen molar-refractivity contribution in [2.24, 2.45) is 0 Å². The number of piperidine rings is 1. The second-order valence-electron chi connectivity index (χ2n) is 13.6. The molecule has 3 aromatic heterocycles. The summed E-state index contributed by atoms with van der Waals surface area (Å²) in [6, 6.07) is 6.33. The summed E-state index contributed by atoms with van der Waals surface area (Å²) in [5.74, 6) is 0. The van der Waals surface area contributed by atoms with Crippen molar-refractivity contribution in [3.05, 3.63) is 36.8 Å². The first kappa shape index (κ1) is 33.7. The summed E-state index contributed by atoms with van der Waals surface area (Å²) in [5, 5.41) is 4.58. The molecule has 1 aliphatic heterocycles. The van der Waals surface area contributed by atoms with Gasteiger partial charge in [-0.2, -0.15) is 12.7 Å². The van der Waals surface area contributed by atoms with Crippen LogP contribution in [0.15, 0.2) is 36.8 Å². The number of anilines is 2. The molecule has 1 aliphatic rings. The Morgan fingerprint density at radius 2 is 1.93 bits per heavy atom. The summed E-state index contributed by atoms with van der Waals surface area (Å²) in [5.41, 5.74) is 2.65. The number of rotatable bonds is 11. The molecule has 1 atom stereocenters. The molecule has 4 heterocycles. The van der Waals surface area contributed by atoms with Crippen LogP contribution in [0.25, 0.3) is 22.3 Å². The average Bonchev–Trinajstić information content (AvgIpc) is 3.33. The van der Waals surface area contributed by atoms with Crippen molar-refractivity contribution >= 4 is 46.8 Å². The molecule has 14 heteroatoms. The Labute approximate surface area is 262 Å². The zero-order chi connectivity index (χ0) is 32.3. The Hall–Kier alpha value is -3.20. The van der Waals surface area contributed by atoms with E-state index in [1.165, 1.54) is 14.1 Å². The Kier molecular flexibility index (Phi) is 10.3. The zero-order valence-corrected chi connectivity index (χ0v) is 29.0. The Morgan fingerprint density at radius 3 is 2.61 bits per heavy atom. The molecular weight excluding hydrogens is 599 g/mol. The predicted molar refractivity (Wildman–Crippen MR) is 178 cm³/mol. The number of nitrogens with one attached hydrogen (secondary N) is 2. The number of carbonyl (C=O) groups excluding carboxylic acids is 1. The highest BCUT2D eigenvalue weighted by Gasteiger charge is 2.29. The summed E-state index contributed by atoms with van der Waals surface area (Å²) in [7, 11) is -1.98. The second kappa shape index (κ2) is 13.4. The van der Waals surface area contributed by atoms with E-state index in [-0.39, 0.29) is 12.1 Å². The number of ether oxygens (including phenoxy) is 2. The molecule has 242 valence electrons. The first-order chi connectivity index (χ1) is 20.5. The third kappa shape index (κ3) is 8.93. The molecule has 1 fully saturated rings. The lowest BCUT2D eigenvalue weighted by Crippen LogP contribution is -2.47. The molecule has 0 aliphatic carbocycles. The van der Waals surface area contributed by atoms with Gasteiger partial charge in [0.2, 0.25) is 0 Å². The fourth-order valence-corrected chi connectivity index (χ4v) is 6.17. The van der Waals surface area contributed by atoms with Crippen molar-refractivity contribution in [1.82, 2.24) is 23.7 Å². The third-order valence-corrected chi connectivity index (χ3v) is 10.4. The second-order valence-corrected chi connectivity index (χ2v) is 21.2. The number of hydrogen-bond donors (Lipinski definition) is 2. The van der Waals surface area contributed by atoms with E-state index < -0.39 is 23.9 Å². The normalized spacial score (nSPS) is 16.4. The van der Waals surface area contributed by atoms with E-state index in [0.29, 0.717) is 37.8 Å². The van der Waals surface area contributed by atoms with Gasteiger partial charge in [-0.05, 0) is 57.9 Å². The molecule has 12 nitrogen and oxygen atoms in total. The summed E-state index contributed by atoms with van der Waals surface area (Å²) in [6.45, 7) is 14.8. The molecule has 0 unspecified atom stereocenters. The molecule has 1 saturated heterocycles. The minimum Gasteiger partial charge on any atom is -0.444 e. The van der Waals surface area contributed by atoms with Crippen LogP contribution in [-0.4, -0.2) is 91.8 Å². The van der Waals surface area contributed by atoms with Crippen molar-refractivity contribution in [2.45, 2.75) is 77.7 Å². The number of likely N-dealkylation sites (tertiary alicyclic amines) is 1. The number of hydrogen-bond acceptors (Lipinski definition) is 8. The SMILES string of the molecule is CN(C)S(=O)(=O)Nc1ccnc(-c2cnc3c(ccn3COCC[Si](C)(C)C)c2N[C@@H]2CCCN(C(=O)OC(C)(C)C)C2)c1. The molecule has 0 aromatic carbocycles. The topological polar surface area (TPSA) is 131 Å². The van der Waals surface area contributed by atoms with Crippen LogP contribution in [-0.2, 0) is 26.4 Å². The number of carbonyl (C=O) groups is 1. The minimum atomic E-state index is -3.70. The van der Waals surface area contributed by atoms with E-state index in [4.69, 9.17) is 14.5 Å². The molecular formula is C30H47N7O5SSi. The lowest BCUT2D eigenvalue weighted by molar-refractivity contribution is 0.0206. The van der Waals surface area contributed by atoms with Crippen molar-refractivity contribution in [3.63, 3.8) is 0 Å². The van der Waals surface area contributed by atoms with Gasteiger partial charge in [-0.1, -0.05) is 19.6 Å². The van der Waals surface area contributed by atoms with Crippen LogP contribution in [0.4, 0.5) is 16.2 Å². The molecule has 0 radical (unpaired) electrons. The number of pyridine rings is 2. The Morgan fingerprint density at radius 1 is 1.18 bits per heavy atom. The molecule has 0 bridgehead atoms. The summed E-state index contributed by atoms with van der Waals surface area (Å²) in [4.78, 5) is 24.0. The van der Waals surface area contributed by atoms with Gasteiger partial charge in [0.1, 0.15) is 18.0 Å². The maximum Gasteiger partial charge on any atom is 0.410 e. The highest BCUT2D eigenvalue weighted by molar-refractivity contribution is 7.90. The van der Waals surface area contributed by atoms with E-state index in [0.717, 1.165) is 45.5 Å². The van der Waals surface area contributed by atoms with E-state index >= 15 is 0 Å². The third-order valence-electron chi connectivity index (χ3n) is 7.20. The van der Waals surface area contributed by atoms with Crippen LogP contribution >= 0.6 is 0 Å². The Balaban J connectivity index is 1.68. The van der Waals surface area contributed by atoms with Crippen LogP contribution in [0.5, 0.6) is 0 Å². The molecule has 4 rings (SSSR count). The quantitative estimate of drug-likeness (QED) is 0.208. The van der Waals surface area contributed by atoms with E-state index in [1.54, 1.807) is 29.4 Å². The number of fused-ring (bicyclic) bond motifs is 1. The lowest BCUT2D eigenvalue weighted by Gasteiger charge is -2.35. The zero-order valence-electron chi connectivity index (χ0n) is 27.2.